The fourth-order valence-corrected chi connectivity index (χ4v) is 5.85. The minimum atomic E-state index is -4.04. The van der Waals surface area contributed by atoms with E-state index in [1.54, 1.807) is 0 Å². The first kappa shape index (κ1) is 37.3. The van der Waals surface area contributed by atoms with Gasteiger partial charge >= 0.3 is 17.9 Å². The van der Waals surface area contributed by atoms with E-state index in [0.717, 1.165) is 68.9 Å². The van der Waals surface area contributed by atoms with E-state index in [4.69, 9.17) is 18.9 Å². The van der Waals surface area contributed by atoms with E-state index in [1.807, 2.05) is 0 Å². The third-order valence-corrected chi connectivity index (χ3v) is 9.03. The highest BCUT2D eigenvalue weighted by atomic mass is 32.2. The average molecular weight is 709 g/mol. The van der Waals surface area contributed by atoms with E-state index in [9.17, 15) is 36.7 Å². The molecule has 13 heteroatoms. The molecule has 0 fully saturated rings. The Hall–Kier alpha value is -5.56. The van der Waals surface area contributed by atoms with Gasteiger partial charge in [0.1, 0.15) is 34.6 Å². The second-order valence-electron chi connectivity index (χ2n) is 10.9. The third-order valence-electron chi connectivity index (χ3n) is 7.24. The number of phenols is 1. The van der Waals surface area contributed by atoms with E-state index in [1.165, 1.54) is 60.7 Å². The molecule has 0 unspecified atom stereocenters. The van der Waals surface area contributed by atoms with Crippen molar-refractivity contribution in [3.63, 3.8) is 0 Å². The zero-order valence-electron chi connectivity index (χ0n) is 26.8. The molecule has 0 aliphatic carbocycles. The lowest BCUT2D eigenvalue weighted by molar-refractivity contribution is -0.137. The van der Waals surface area contributed by atoms with Crippen LogP contribution in [-0.2, 0) is 19.4 Å². The molecule has 0 heterocycles. The highest BCUT2D eigenvalue weighted by molar-refractivity contribution is 7.91. The van der Waals surface area contributed by atoms with Crippen LogP contribution in [0, 0.1) is 11.6 Å². The van der Waals surface area contributed by atoms with Crippen LogP contribution in [0.15, 0.2) is 107 Å². The Morgan fingerprint density at radius 1 is 0.640 bits per heavy atom. The lowest BCUT2D eigenvalue weighted by atomic mass is 10.1. The van der Waals surface area contributed by atoms with Gasteiger partial charge in [-0.05, 0) is 85.6 Å². The zero-order chi connectivity index (χ0) is 36.1. The van der Waals surface area contributed by atoms with Crippen LogP contribution < -0.4 is 14.2 Å². The summed E-state index contributed by atoms with van der Waals surface area (Å²) in [6.07, 6.45) is 6.48. The van der Waals surface area contributed by atoms with Gasteiger partial charge in [0, 0.05) is 18.2 Å². The lowest BCUT2D eigenvalue weighted by Crippen LogP contribution is -2.11. The van der Waals surface area contributed by atoms with Crippen molar-refractivity contribution in [1.29, 1.82) is 0 Å². The topological polar surface area (TPSA) is 142 Å². The van der Waals surface area contributed by atoms with Crippen LogP contribution in [0.5, 0.6) is 23.0 Å². The average Bonchev–Trinajstić information content (AvgIpc) is 3.09. The summed E-state index contributed by atoms with van der Waals surface area (Å²) in [5.41, 5.74) is -0.746. The molecule has 0 aliphatic heterocycles. The van der Waals surface area contributed by atoms with Gasteiger partial charge in [-0.25, -0.2) is 31.6 Å². The van der Waals surface area contributed by atoms with Gasteiger partial charge in [-0.3, -0.25) is 0 Å². The summed E-state index contributed by atoms with van der Waals surface area (Å²) in [6.45, 7) is 4.08. The summed E-state index contributed by atoms with van der Waals surface area (Å²) in [4.78, 5) is 35.6. The molecule has 0 aromatic heterocycles. The number of hydrogen-bond acceptors (Lipinski definition) is 10. The zero-order valence-corrected chi connectivity index (χ0v) is 27.6. The van der Waals surface area contributed by atoms with Crippen LogP contribution in [0.3, 0.4) is 0 Å². The molecule has 262 valence electrons. The van der Waals surface area contributed by atoms with E-state index in [0.29, 0.717) is 13.2 Å². The Morgan fingerprint density at radius 2 is 1.10 bits per heavy atom. The summed E-state index contributed by atoms with van der Waals surface area (Å²) in [5.74, 6) is -4.43. The summed E-state index contributed by atoms with van der Waals surface area (Å²) in [7, 11) is -4.04. The molecule has 0 amide bonds. The Balaban J connectivity index is 1.24. The molecule has 0 radical (unpaired) electrons. The maximum atomic E-state index is 14.7. The van der Waals surface area contributed by atoms with Crippen molar-refractivity contribution in [3.8, 4) is 23.0 Å². The fraction of sp³-hybridized carbons (Fsp3) is 0.216. The number of sulfone groups is 1. The van der Waals surface area contributed by atoms with Gasteiger partial charge in [-0.2, -0.15) is 0 Å². The number of hydrogen-bond donors (Lipinski definition) is 1. The quantitative estimate of drug-likeness (QED) is 0.0511. The molecule has 50 heavy (non-hydrogen) atoms. The van der Waals surface area contributed by atoms with E-state index in [-0.39, 0.29) is 38.4 Å². The fourth-order valence-electron chi connectivity index (χ4n) is 4.59. The van der Waals surface area contributed by atoms with Crippen LogP contribution >= 0.6 is 0 Å². The molecule has 0 aliphatic rings. The number of aromatic hydroxyl groups is 1. The number of benzene rings is 4. The molecule has 0 spiro atoms. The first-order chi connectivity index (χ1) is 24.0. The standard InChI is InChI=1S/C37H34F2O10S/c1-2-35(41)47-22-8-6-4-3-5-7-21-46-28-14-20-32(34(39)24-28)37(43)49-27-12-17-30(18-13-27)50(44,45)29-15-10-26(11-16-29)48-36(42)31-19-9-25(40)23-33(31)38/h2,9-20,23-24,40H,1,3-8,21-22H2. The molecule has 10 nitrogen and oxygen atoms in total. The van der Waals surface area contributed by atoms with Crippen LogP contribution in [0.25, 0.3) is 0 Å². The maximum absolute atomic E-state index is 14.7. The highest BCUT2D eigenvalue weighted by Gasteiger charge is 2.21. The third kappa shape index (κ3) is 10.5. The number of rotatable bonds is 17. The van der Waals surface area contributed by atoms with E-state index in [2.05, 4.69) is 6.58 Å². The molecule has 0 saturated heterocycles. The normalized spacial score (nSPS) is 11.0. The lowest BCUT2D eigenvalue weighted by Gasteiger charge is -2.10. The van der Waals surface area contributed by atoms with Crippen molar-refractivity contribution in [2.45, 2.75) is 48.3 Å². The largest absolute Gasteiger partial charge is 0.508 e. The van der Waals surface area contributed by atoms with Crippen LogP contribution in [-0.4, -0.2) is 44.6 Å². The molecule has 4 aromatic carbocycles. The van der Waals surface area contributed by atoms with E-state index < -0.39 is 44.9 Å². The summed E-state index contributed by atoms with van der Waals surface area (Å²) >= 11 is 0. The SMILES string of the molecule is C=CC(=O)OCCCCCCCCOc1ccc(C(=O)Oc2ccc(S(=O)(=O)c3ccc(OC(=O)c4ccc(O)cc4F)cc3)cc2)c(F)c1. The summed E-state index contributed by atoms with van der Waals surface area (Å²) < 4.78 is 75.8. The van der Waals surface area contributed by atoms with Crippen molar-refractivity contribution in [1.82, 2.24) is 0 Å². The van der Waals surface area contributed by atoms with Gasteiger partial charge in [0.2, 0.25) is 9.84 Å². The van der Waals surface area contributed by atoms with Crippen LogP contribution in [0.1, 0.15) is 59.2 Å². The Kier molecular flexibility index (Phi) is 13.2. The van der Waals surface area contributed by atoms with Crippen LogP contribution in [0.2, 0.25) is 0 Å². The number of ether oxygens (including phenoxy) is 4. The highest BCUT2D eigenvalue weighted by Crippen LogP contribution is 2.27. The molecule has 0 bridgehead atoms. The minimum absolute atomic E-state index is 0.0184. The molecule has 4 aromatic rings. The summed E-state index contributed by atoms with van der Waals surface area (Å²) in [6, 6.07) is 16.5. The van der Waals surface area contributed by atoms with Gasteiger partial charge < -0.3 is 24.1 Å². The summed E-state index contributed by atoms with van der Waals surface area (Å²) in [5, 5.41) is 9.30. The van der Waals surface area contributed by atoms with Crippen molar-refractivity contribution in [2.75, 3.05) is 13.2 Å². The van der Waals surface area contributed by atoms with Gasteiger partial charge in [-0.1, -0.05) is 32.3 Å². The van der Waals surface area contributed by atoms with Crippen molar-refractivity contribution >= 4 is 27.7 Å². The predicted octanol–water partition coefficient (Wildman–Crippen LogP) is 7.39. The number of carbonyl (C=O) groups is 3. The van der Waals surface area contributed by atoms with Gasteiger partial charge in [0.05, 0.1) is 34.1 Å². The minimum Gasteiger partial charge on any atom is -0.508 e. The molecule has 4 rings (SSSR count). The maximum Gasteiger partial charge on any atom is 0.346 e. The first-order valence-electron chi connectivity index (χ1n) is 15.6. The first-order valence-corrected chi connectivity index (χ1v) is 17.1. The van der Waals surface area contributed by atoms with Gasteiger partial charge in [0.25, 0.3) is 0 Å². The number of halogens is 2. The number of carbonyl (C=O) groups excluding carboxylic acids is 3. The number of phenolic OH excluding ortho intramolecular Hbond substituents is 1. The number of esters is 3. The Bertz CT molecular complexity index is 1930. The van der Waals surface area contributed by atoms with Crippen molar-refractivity contribution in [3.05, 3.63) is 120 Å². The monoisotopic (exact) mass is 708 g/mol. The Labute approximate surface area is 287 Å². The van der Waals surface area contributed by atoms with Crippen LogP contribution in [0.4, 0.5) is 8.78 Å². The van der Waals surface area contributed by atoms with Crippen molar-refractivity contribution in [2.24, 2.45) is 0 Å². The molecular formula is C37H34F2O10S. The molecular weight excluding hydrogens is 674 g/mol. The molecule has 0 saturated carbocycles. The molecule has 0 atom stereocenters. The van der Waals surface area contributed by atoms with Crippen molar-refractivity contribution < 1.29 is 55.6 Å². The second kappa shape index (κ2) is 17.7. The Morgan fingerprint density at radius 3 is 1.60 bits per heavy atom. The van der Waals surface area contributed by atoms with E-state index >= 15 is 0 Å². The predicted molar refractivity (Wildman–Crippen MR) is 177 cm³/mol. The smallest absolute Gasteiger partial charge is 0.346 e. The second-order valence-corrected chi connectivity index (χ2v) is 12.8. The number of unbranched alkanes of at least 4 members (excludes halogenated alkanes) is 5. The molecule has 1 N–H and O–H groups in total. The van der Waals surface area contributed by atoms with Gasteiger partial charge in [-0.15, -0.1) is 0 Å². The van der Waals surface area contributed by atoms with Gasteiger partial charge in [0.15, 0.2) is 0 Å².